The van der Waals surface area contributed by atoms with E-state index in [1.165, 1.54) is 0 Å². The standard InChI is InChI=1S/C26H29N3O4/c1-31-23-14-22(15-24(32-2)26(23)33-3)16-27-28-25(30)19-29(17-20-10-6-4-7-11-20)18-21-12-8-5-9-13-21/h4-16H,17-19H2,1-3H3,(H,28,30)/b27-16+. The molecular weight excluding hydrogens is 418 g/mol. The van der Waals surface area contributed by atoms with Gasteiger partial charge < -0.3 is 14.2 Å². The highest BCUT2D eigenvalue weighted by atomic mass is 16.5. The molecule has 0 saturated heterocycles. The van der Waals surface area contributed by atoms with E-state index in [1.807, 2.05) is 36.4 Å². The number of amides is 1. The number of benzene rings is 3. The third-order valence-corrected chi connectivity index (χ3v) is 4.96. The number of carbonyl (C=O) groups is 1. The van der Waals surface area contributed by atoms with Gasteiger partial charge in [0.25, 0.3) is 5.91 Å². The van der Waals surface area contributed by atoms with Gasteiger partial charge in [-0.3, -0.25) is 9.69 Å². The average Bonchev–Trinajstić information content (AvgIpc) is 2.84. The lowest BCUT2D eigenvalue weighted by molar-refractivity contribution is -0.122. The summed E-state index contributed by atoms with van der Waals surface area (Å²) in [4.78, 5) is 14.7. The fourth-order valence-corrected chi connectivity index (χ4v) is 3.44. The van der Waals surface area contributed by atoms with Crippen LogP contribution in [-0.4, -0.2) is 44.9 Å². The van der Waals surface area contributed by atoms with Gasteiger partial charge in [0.05, 0.1) is 34.1 Å². The van der Waals surface area contributed by atoms with Gasteiger partial charge >= 0.3 is 0 Å². The Balaban J connectivity index is 1.66. The van der Waals surface area contributed by atoms with E-state index in [9.17, 15) is 4.79 Å². The Labute approximate surface area is 194 Å². The fraction of sp³-hybridized carbons (Fsp3) is 0.231. The summed E-state index contributed by atoms with van der Waals surface area (Å²) in [7, 11) is 4.65. The van der Waals surface area contributed by atoms with Crippen molar-refractivity contribution in [3.05, 3.63) is 89.5 Å². The van der Waals surface area contributed by atoms with E-state index in [0.29, 0.717) is 35.9 Å². The van der Waals surface area contributed by atoms with Crippen molar-refractivity contribution in [2.24, 2.45) is 5.10 Å². The highest BCUT2D eigenvalue weighted by Gasteiger charge is 2.14. The van der Waals surface area contributed by atoms with Crippen molar-refractivity contribution in [1.82, 2.24) is 10.3 Å². The molecule has 3 aromatic carbocycles. The summed E-state index contributed by atoms with van der Waals surface area (Å²) in [6.45, 7) is 1.51. The van der Waals surface area contributed by atoms with E-state index >= 15 is 0 Å². The molecule has 3 rings (SSSR count). The molecule has 1 amide bonds. The van der Waals surface area contributed by atoms with Gasteiger partial charge in [-0.1, -0.05) is 60.7 Å². The highest BCUT2D eigenvalue weighted by Crippen LogP contribution is 2.37. The number of carbonyl (C=O) groups excluding carboxylic acids is 1. The predicted molar refractivity (Wildman–Crippen MR) is 129 cm³/mol. The van der Waals surface area contributed by atoms with Crippen LogP contribution < -0.4 is 19.6 Å². The molecule has 7 heteroatoms. The third-order valence-electron chi connectivity index (χ3n) is 4.96. The molecule has 0 radical (unpaired) electrons. The number of rotatable bonds is 11. The summed E-state index contributed by atoms with van der Waals surface area (Å²) in [5, 5.41) is 4.11. The number of hydrazone groups is 1. The molecular formula is C26H29N3O4. The molecule has 0 aliphatic heterocycles. The minimum atomic E-state index is -0.203. The first-order valence-electron chi connectivity index (χ1n) is 10.5. The smallest absolute Gasteiger partial charge is 0.254 e. The van der Waals surface area contributed by atoms with Gasteiger partial charge in [0, 0.05) is 18.7 Å². The van der Waals surface area contributed by atoms with Crippen molar-refractivity contribution in [1.29, 1.82) is 0 Å². The Morgan fingerprint density at radius 1 is 0.848 bits per heavy atom. The molecule has 0 saturated carbocycles. The summed E-state index contributed by atoms with van der Waals surface area (Å²) in [5.74, 6) is 1.33. The van der Waals surface area contributed by atoms with Crippen LogP contribution in [0.5, 0.6) is 17.2 Å². The monoisotopic (exact) mass is 447 g/mol. The van der Waals surface area contributed by atoms with Crippen molar-refractivity contribution < 1.29 is 19.0 Å². The number of ether oxygens (including phenoxy) is 3. The average molecular weight is 448 g/mol. The van der Waals surface area contributed by atoms with Crippen LogP contribution in [0.15, 0.2) is 77.9 Å². The van der Waals surface area contributed by atoms with Crippen LogP contribution in [-0.2, 0) is 17.9 Å². The molecule has 0 fully saturated rings. The zero-order chi connectivity index (χ0) is 23.5. The van der Waals surface area contributed by atoms with Gasteiger partial charge in [-0.2, -0.15) is 5.10 Å². The summed E-state index contributed by atoms with van der Waals surface area (Å²) in [5.41, 5.74) is 5.60. The summed E-state index contributed by atoms with van der Waals surface area (Å²) < 4.78 is 16.0. The van der Waals surface area contributed by atoms with E-state index in [2.05, 4.69) is 39.7 Å². The number of hydrogen-bond acceptors (Lipinski definition) is 6. The maximum absolute atomic E-state index is 12.6. The van der Waals surface area contributed by atoms with Crippen LogP contribution in [0.3, 0.4) is 0 Å². The Hall–Kier alpha value is -3.84. The van der Waals surface area contributed by atoms with Crippen LogP contribution in [0.25, 0.3) is 0 Å². The molecule has 0 bridgehead atoms. The van der Waals surface area contributed by atoms with Crippen molar-refractivity contribution in [2.45, 2.75) is 13.1 Å². The first-order chi connectivity index (χ1) is 16.1. The van der Waals surface area contributed by atoms with Crippen molar-refractivity contribution in [2.75, 3.05) is 27.9 Å². The quantitative estimate of drug-likeness (QED) is 0.357. The zero-order valence-electron chi connectivity index (χ0n) is 19.2. The van der Waals surface area contributed by atoms with Gasteiger partial charge in [-0.15, -0.1) is 0 Å². The number of methoxy groups -OCH3 is 3. The number of nitrogens with zero attached hydrogens (tertiary/aromatic N) is 2. The van der Waals surface area contributed by atoms with Gasteiger partial charge in [0.2, 0.25) is 5.75 Å². The van der Waals surface area contributed by atoms with Gasteiger partial charge in [0.1, 0.15) is 0 Å². The Morgan fingerprint density at radius 2 is 1.36 bits per heavy atom. The normalized spacial score (nSPS) is 10.9. The van der Waals surface area contributed by atoms with Crippen LogP contribution in [0.4, 0.5) is 0 Å². The van der Waals surface area contributed by atoms with E-state index in [1.54, 1.807) is 39.7 Å². The second-order valence-corrected chi connectivity index (χ2v) is 7.37. The maximum Gasteiger partial charge on any atom is 0.254 e. The first-order valence-corrected chi connectivity index (χ1v) is 10.5. The van der Waals surface area contributed by atoms with Crippen LogP contribution in [0.1, 0.15) is 16.7 Å². The molecule has 172 valence electrons. The van der Waals surface area contributed by atoms with Crippen LogP contribution in [0.2, 0.25) is 0 Å². The molecule has 0 aromatic heterocycles. The topological polar surface area (TPSA) is 72.4 Å². The molecule has 0 heterocycles. The molecule has 33 heavy (non-hydrogen) atoms. The van der Waals surface area contributed by atoms with Gasteiger partial charge in [-0.25, -0.2) is 5.43 Å². The number of nitrogens with one attached hydrogen (secondary N) is 1. The van der Waals surface area contributed by atoms with Gasteiger partial charge in [0.15, 0.2) is 11.5 Å². The predicted octanol–water partition coefficient (Wildman–Crippen LogP) is 3.86. The fourth-order valence-electron chi connectivity index (χ4n) is 3.44. The Kier molecular flexibility index (Phi) is 8.85. The maximum atomic E-state index is 12.6. The first kappa shape index (κ1) is 23.8. The van der Waals surface area contributed by atoms with E-state index in [4.69, 9.17) is 14.2 Å². The van der Waals surface area contributed by atoms with E-state index in [0.717, 1.165) is 11.1 Å². The van der Waals surface area contributed by atoms with E-state index in [-0.39, 0.29) is 12.5 Å². The van der Waals surface area contributed by atoms with Crippen molar-refractivity contribution in [3.63, 3.8) is 0 Å². The lowest BCUT2D eigenvalue weighted by Crippen LogP contribution is -2.34. The van der Waals surface area contributed by atoms with Gasteiger partial charge in [-0.05, 0) is 23.3 Å². The molecule has 3 aromatic rings. The largest absolute Gasteiger partial charge is 0.493 e. The minimum absolute atomic E-state index is 0.203. The van der Waals surface area contributed by atoms with Crippen LogP contribution in [0, 0.1) is 0 Å². The molecule has 0 atom stereocenters. The summed E-state index contributed by atoms with van der Waals surface area (Å²) in [6, 6.07) is 23.7. The Morgan fingerprint density at radius 3 is 1.82 bits per heavy atom. The molecule has 1 N–H and O–H groups in total. The Bertz CT molecular complexity index is 989. The summed E-state index contributed by atoms with van der Waals surface area (Å²) in [6.07, 6.45) is 1.54. The zero-order valence-corrected chi connectivity index (χ0v) is 19.2. The minimum Gasteiger partial charge on any atom is -0.493 e. The van der Waals surface area contributed by atoms with Crippen LogP contribution >= 0.6 is 0 Å². The molecule has 0 spiro atoms. The van der Waals surface area contributed by atoms with Crippen molar-refractivity contribution >= 4 is 12.1 Å². The second-order valence-electron chi connectivity index (χ2n) is 7.37. The second kappa shape index (κ2) is 12.3. The lowest BCUT2D eigenvalue weighted by Gasteiger charge is -2.21. The number of hydrogen-bond donors (Lipinski definition) is 1. The van der Waals surface area contributed by atoms with Crippen molar-refractivity contribution in [3.8, 4) is 17.2 Å². The van der Waals surface area contributed by atoms with E-state index < -0.39 is 0 Å². The highest BCUT2D eigenvalue weighted by molar-refractivity contribution is 5.84. The SMILES string of the molecule is COc1cc(/C=N/NC(=O)CN(Cc2ccccc2)Cc2ccccc2)cc(OC)c1OC. The molecule has 0 unspecified atom stereocenters. The molecule has 0 aliphatic rings. The summed E-state index contributed by atoms with van der Waals surface area (Å²) >= 11 is 0. The lowest BCUT2D eigenvalue weighted by atomic mass is 10.1. The third kappa shape index (κ3) is 7.08. The molecule has 7 nitrogen and oxygen atoms in total. The molecule has 0 aliphatic carbocycles.